The maximum absolute atomic E-state index is 7.74. The fraction of sp³-hybridized carbons (Fsp3) is 0.333. The zero-order valence-corrected chi connectivity index (χ0v) is 38.3. The van der Waals surface area contributed by atoms with Gasteiger partial charge in [-0.2, -0.15) is 0 Å². The van der Waals surface area contributed by atoms with E-state index in [-0.39, 0.29) is 27.7 Å². The highest BCUT2D eigenvalue weighted by Crippen LogP contribution is 2.64. The molecule has 0 amide bonds. The first-order valence-electron chi connectivity index (χ1n) is 23.3. The highest BCUT2D eigenvalue weighted by molar-refractivity contribution is 8.01. The highest BCUT2D eigenvalue weighted by atomic mass is 32.2. The van der Waals surface area contributed by atoms with Crippen molar-refractivity contribution in [2.24, 2.45) is 0 Å². The number of benzene rings is 5. The first kappa shape index (κ1) is 38.5. The van der Waals surface area contributed by atoms with Crippen LogP contribution in [0.4, 0.5) is 34.1 Å². The predicted octanol–water partition coefficient (Wildman–Crippen LogP) is 14.0. The number of thioether (sulfide) groups is 1. The van der Waals surface area contributed by atoms with Crippen molar-refractivity contribution in [3.05, 3.63) is 155 Å². The molecular formula is C57H57BN2OS. The molecule has 4 heterocycles. The Morgan fingerprint density at radius 2 is 1.39 bits per heavy atom. The van der Waals surface area contributed by atoms with Crippen LogP contribution in [0.15, 0.2) is 137 Å². The van der Waals surface area contributed by atoms with Gasteiger partial charge in [-0.05, 0) is 115 Å². The molecule has 0 radical (unpaired) electrons. The molecule has 0 saturated heterocycles. The fourth-order valence-corrected chi connectivity index (χ4v) is 14.4. The van der Waals surface area contributed by atoms with Crippen LogP contribution < -0.4 is 26.4 Å². The molecule has 5 heteroatoms. The first-order valence-corrected chi connectivity index (χ1v) is 24.1. The average molecular weight is 829 g/mol. The van der Waals surface area contributed by atoms with Crippen molar-refractivity contribution >= 4 is 69.2 Å². The average Bonchev–Trinajstić information content (AvgIpc) is 3.80. The van der Waals surface area contributed by atoms with Crippen molar-refractivity contribution in [2.75, 3.05) is 9.80 Å². The third-order valence-corrected chi connectivity index (χ3v) is 17.9. The third-order valence-electron chi connectivity index (χ3n) is 16.3. The van der Waals surface area contributed by atoms with Crippen molar-refractivity contribution in [3.63, 3.8) is 0 Å². The second-order valence-corrected chi connectivity index (χ2v) is 22.5. The maximum atomic E-state index is 7.74. The van der Waals surface area contributed by atoms with Crippen LogP contribution in [0.3, 0.4) is 0 Å². The van der Waals surface area contributed by atoms with E-state index in [4.69, 9.17) is 4.42 Å². The Bertz CT molecular complexity index is 2900. The second-order valence-electron chi connectivity index (χ2n) is 21.0. The van der Waals surface area contributed by atoms with Crippen LogP contribution >= 0.6 is 11.8 Å². The fourth-order valence-electron chi connectivity index (χ4n) is 12.6. The van der Waals surface area contributed by atoms with Crippen molar-refractivity contribution in [3.8, 4) is 11.1 Å². The van der Waals surface area contributed by atoms with Crippen LogP contribution in [-0.4, -0.2) is 11.5 Å². The van der Waals surface area contributed by atoms with E-state index in [9.17, 15) is 0 Å². The Hall–Kier alpha value is -5.13. The van der Waals surface area contributed by atoms with Crippen molar-refractivity contribution in [1.82, 2.24) is 0 Å². The molecule has 6 aromatic rings. The number of nitrogens with zero attached hydrogens (tertiary/aromatic N) is 2. The van der Waals surface area contributed by atoms with Crippen LogP contribution in [0.1, 0.15) is 120 Å². The molecule has 0 spiro atoms. The second kappa shape index (κ2) is 13.4. The normalized spacial score (nSPS) is 24.5. The number of fused-ring (bicyclic) bond motifs is 9. The van der Waals surface area contributed by atoms with Gasteiger partial charge in [0.15, 0.2) is 0 Å². The first-order chi connectivity index (χ1) is 29.9. The van der Waals surface area contributed by atoms with Gasteiger partial charge in [0.1, 0.15) is 5.76 Å². The molecule has 3 unspecified atom stereocenters. The molecule has 310 valence electrons. The van der Waals surface area contributed by atoms with E-state index in [0.717, 1.165) is 24.9 Å². The summed E-state index contributed by atoms with van der Waals surface area (Å²) in [5.74, 6) is 1.46. The summed E-state index contributed by atoms with van der Waals surface area (Å²) in [5, 5.41) is 0. The monoisotopic (exact) mass is 828 g/mol. The quantitative estimate of drug-likeness (QED) is 0.165. The van der Waals surface area contributed by atoms with Gasteiger partial charge in [-0.1, -0.05) is 145 Å². The summed E-state index contributed by atoms with van der Waals surface area (Å²) in [6.45, 7) is 17.1. The van der Waals surface area contributed by atoms with E-state index in [0.29, 0.717) is 5.92 Å². The molecule has 5 aromatic carbocycles. The summed E-state index contributed by atoms with van der Waals surface area (Å²) in [7, 11) is 0. The van der Waals surface area contributed by atoms with E-state index in [2.05, 4.69) is 197 Å². The van der Waals surface area contributed by atoms with Gasteiger partial charge < -0.3 is 14.2 Å². The van der Waals surface area contributed by atoms with Crippen LogP contribution in [0.2, 0.25) is 0 Å². The van der Waals surface area contributed by atoms with E-state index in [1.165, 1.54) is 109 Å². The Morgan fingerprint density at radius 3 is 2.18 bits per heavy atom. The molecule has 1 aromatic heterocycles. The van der Waals surface area contributed by atoms with Gasteiger partial charge in [0, 0.05) is 60.3 Å². The van der Waals surface area contributed by atoms with E-state index < -0.39 is 0 Å². The van der Waals surface area contributed by atoms with Gasteiger partial charge in [0.25, 0.3) is 6.71 Å². The zero-order valence-electron chi connectivity index (χ0n) is 37.4. The molecule has 3 aliphatic heterocycles. The number of anilines is 6. The molecule has 3 nitrogen and oxygen atoms in total. The smallest absolute Gasteiger partial charge is 0.297 e. The van der Waals surface area contributed by atoms with Gasteiger partial charge >= 0.3 is 0 Å². The molecule has 1 fully saturated rings. The Morgan fingerprint density at radius 1 is 0.677 bits per heavy atom. The Kier molecular flexibility index (Phi) is 8.36. The summed E-state index contributed by atoms with van der Waals surface area (Å²) < 4.78 is 7.91. The standard InChI is InChI=1S/C57H57BN2OS/c1-36-32-46-50-47(33-36)60(44-27-17-15-25-40(44)38-22-12-9-13-23-38)51-49-52(55(4,5)31-30-54(49,2)3)61-53(51)58(50)42-35-48-41(56(6)28-18-19-29-57(56,7)62-48)34-45(42)59(46)43-26-16-14-24-39(43)37-20-10-8-11-21-37/h8-17,20,22-27,32-35,37H,18-19,21,28-31H2,1-7H3. The lowest BCUT2D eigenvalue weighted by atomic mass is 9.35. The predicted molar refractivity (Wildman–Crippen MR) is 264 cm³/mol. The zero-order chi connectivity index (χ0) is 42.3. The van der Waals surface area contributed by atoms with Gasteiger partial charge in [0.2, 0.25) is 0 Å². The van der Waals surface area contributed by atoms with Gasteiger partial charge in [-0.25, -0.2) is 0 Å². The van der Waals surface area contributed by atoms with Gasteiger partial charge in [-0.3, -0.25) is 0 Å². The van der Waals surface area contributed by atoms with Crippen LogP contribution in [0.5, 0.6) is 0 Å². The van der Waals surface area contributed by atoms with E-state index in [1.54, 1.807) is 5.56 Å². The lowest BCUT2D eigenvalue weighted by Gasteiger charge is -2.46. The minimum atomic E-state index is -0.102. The molecule has 6 aliphatic rings. The number of hydrogen-bond acceptors (Lipinski definition) is 4. The number of hydrogen-bond donors (Lipinski definition) is 0. The lowest BCUT2D eigenvalue weighted by Crippen LogP contribution is -2.61. The van der Waals surface area contributed by atoms with Crippen LogP contribution in [-0.2, 0) is 16.2 Å². The topological polar surface area (TPSA) is 19.6 Å². The minimum Gasteiger partial charge on any atom is -0.472 e. The molecule has 1 saturated carbocycles. The van der Waals surface area contributed by atoms with E-state index >= 15 is 0 Å². The van der Waals surface area contributed by atoms with Crippen LogP contribution in [0.25, 0.3) is 11.1 Å². The Labute approximate surface area is 373 Å². The number of para-hydroxylation sites is 2. The third kappa shape index (κ3) is 5.33. The highest BCUT2D eigenvalue weighted by Gasteiger charge is 2.57. The molecule has 0 N–H and O–H groups in total. The molecule has 0 bridgehead atoms. The summed E-state index contributed by atoms with van der Waals surface area (Å²) in [6, 6.07) is 39.6. The summed E-state index contributed by atoms with van der Waals surface area (Å²) >= 11 is 2.16. The van der Waals surface area contributed by atoms with Crippen LogP contribution in [0, 0.1) is 6.92 Å². The summed E-state index contributed by atoms with van der Waals surface area (Å²) in [4.78, 5) is 6.81. The number of rotatable bonds is 4. The lowest BCUT2D eigenvalue weighted by molar-refractivity contribution is 0.260. The molecule has 62 heavy (non-hydrogen) atoms. The molecular weight excluding hydrogens is 772 g/mol. The number of aryl methyl sites for hydroxylation is 1. The molecule has 3 atom stereocenters. The van der Waals surface area contributed by atoms with Crippen molar-refractivity contribution in [1.29, 1.82) is 0 Å². The maximum Gasteiger partial charge on any atom is 0.297 e. The van der Waals surface area contributed by atoms with Crippen molar-refractivity contribution < 1.29 is 4.42 Å². The summed E-state index contributed by atoms with van der Waals surface area (Å²) in [6.07, 6.45) is 17.4. The Balaban J connectivity index is 1.21. The van der Waals surface area contributed by atoms with Crippen molar-refractivity contribution in [2.45, 2.75) is 125 Å². The number of allylic oxidation sites excluding steroid dienone is 4. The van der Waals surface area contributed by atoms with E-state index in [1.807, 2.05) is 0 Å². The van der Waals surface area contributed by atoms with Gasteiger partial charge in [-0.15, -0.1) is 11.8 Å². The minimum absolute atomic E-state index is 0.0713. The van der Waals surface area contributed by atoms with Gasteiger partial charge in [0.05, 0.1) is 17.0 Å². The largest absolute Gasteiger partial charge is 0.472 e. The molecule has 12 rings (SSSR count). The summed E-state index contributed by atoms with van der Waals surface area (Å²) in [5.41, 5.74) is 19.3. The molecule has 3 aliphatic carbocycles. The SMILES string of the molecule is Cc1cc2c3c(c1)N(c1ccccc1-c1ccccc1)c1c(oc4c1C(C)(C)CCC4(C)C)B3c1cc3c(cc1N2c1ccccc1C1C=CC=CC1)C1(C)CCCCC1(C)S3. The number of furan rings is 1.